The van der Waals surface area contributed by atoms with Crippen molar-refractivity contribution in [3.8, 4) is 0 Å². The van der Waals surface area contributed by atoms with E-state index < -0.39 is 0 Å². The van der Waals surface area contributed by atoms with E-state index in [0.717, 1.165) is 12.2 Å². The van der Waals surface area contributed by atoms with Gasteiger partial charge in [-0.25, -0.2) is 0 Å². The molecule has 6 nitrogen and oxygen atoms in total. The lowest BCUT2D eigenvalue weighted by Gasteiger charge is -2.27. The van der Waals surface area contributed by atoms with E-state index in [0.29, 0.717) is 11.5 Å². The Morgan fingerprint density at radius 1 is 1.50 bits per heavy atom. The number of alkyl halides is 1. The van der Waals surface area contributed by atoms with Crippen LogP contribution in [0.1, 0.15) is 20.3 Å². The molecule has 7 heteroatoms. The van der Waals surface area contributed by atoms with E-state index in [2.05, 4.69) is 32.7 Å². The highest BCUT2D eigenvalue weighted by atomic mass is 35.5. The van der Waals surface area contributed by atoms with Gasteiger partial charge in [-0.2, -0.15) is 4.52 Å². The Kier molecular flexibility index (Phi) is 2.91. The van der Waals surface area contributed by atoms with Gasteiger partial charge in [0.25, 0.3) is 0 Å². The molecular weight excluding hydrogens is 228 g/mol. The maximum atomic E-state index is 5.94. The summed E-state index contributed by atoms with van der Waals surface area (Å²) in [4.78, 5) is 4.07. The number of nitrogens with zero attached hydrogens (tertiary/aromatic N) is 5. The van der Waals surface area contributed by atoms with Crippen molar-refractivity contribution in [3.05, 3.63) is 12.4 Å². The van der Waals surface area contributed by atoms with Gasteiger partial charge in [-0.05, 0) is 23.8 Å². The number of aromatic nitrogens is 5. The zero-order valence-corrected chi connectivity index (χ0v) is 9.94. The second-order valence-corrected chi connectivity index (χ2v) is 4.18. The lowest BCUT2D eigenvalue weighted by atomic mass is 10.0. The topological polar surface area (TPSA) is 68.0 Å². The van der Waals surface area contributed by atoms with E-state index in [4.69, 9.17) is 11.6 Å². The lowest BCUT2D eigenvalue weighted by Crippen LogP contribution is -2.36. The first-order chi connectivity index (χ1) is 7.68. The van der Waals surface area contributed by atoms with Crippen LogP contribution >= 0.6 is 11.6 Å². The molecule has 0 aliphatic rings. The third-order valence-corrected chi connectivity index (χ3v) is 3.20. The molecule has 1 N–H and O–H groups in total. The molecule has 0 bridgehead atoms. The van der Waals surface area contributed by atoms with Crippen molar-refractivity contribution < 1.29 is 0 Å². The van der Waals surface area contributed by atoms with E-state index in [1.807, 2.05) is 6.92 Å². The number of fused-ring (bicyclic) bond motifs is 1. The molecule has 2 heterocycles. The Labute approximate surface area is 98.0 Å². The van der Waals surface area contributed by atoms with E-state index >= 15 is 0 Å². The number of anilines is 1. The van der Waals surface area contributed by atoms with Gasteiger partial charge in [-0.1, -0.05) is 6.92 Å². The van der Waals surface area contributed by atoms with E-state index in [-0.39, 0.29) is 5.54 Å². The Morgan fingerprint density at radius 2 is 2.31 bits per heavy atom. The van der Waals surface area contributed by atoms with Crippen molar-refractivity contribution in [2.75, 3.05) is 11.2 Å². The summed E-state index contributed by atoms with van der Waals surface area (Å²) in [6.45, 7) is 4.12. The molecular formula is C9H13ClN6. The fourth-order valence-electron chi connectivity index (χ4n) is 1.29. The van der Waals surface area contributed by atoms with Gasteiger partial charge >= 0.3 is 0 Å². The molecule has 1 unspecified atom stereocenters. The Bertz CT molecular complexity index is 478. The molecule has 1 atom stereocenters. The van der Waals surface area contributed by atoms with Crippen LogP contribution in [0.3, 0.4) is 0 Å². The summed E-state index contributed by atoms with van der Waals surface area (Å²) in [5.74, 6) is 1.25. The zero-order valence-electron chi connectivity index (χ0n) is 9.18. The van der Waals surface area contributed by atoms with Crippen LogP contribution in [-0.4, -0.2) is 36.4 Å². The highest BCUT2D eigenvalue weighted by Gasteiger charge is 2.21. The van der Waals surface area contributed by atoms with Crippen LogP contribution in [0.25, 0.3) is 5.65 Å². The summed E-state index contributed by atoms with van der Waals surface area (Å²) in [6.07, 6.45) is 4.19. The third kappa shape index (κ3) is 1.92. The minimum Gasteiger partial charge on any atom is -0.362 e. The molecule has 2 aromatic heterocycles. The molecule has 86 valence electrons. The molecule has 0 fully saturated rings. The average Bonchev–Trinajstić information content (AvgIpc) is 2.78. The number of tetrazole rings is 1. The smallest absolute Gasteiger partial charge is 0.199 e. The first-order valence-corrected chi connectivity index (χ1v) is 5.58. The first kappa shape index (κ1) is 11.1. The van der Waals surface area contributed by atoms with Crippen LogP contribution in [-0.2, 0) is 0 Å². The molecule has 2 aromatic rings. The van der Waals surface area contributed by atoms with Crippen molar-refractivity contribution >= 4 is 23.1 Å². The molecule has 0 spiro atoms. The van der Waals surface area contributed by atoms with Crippen LogP contribution in [0, 0.1) is 0 Å². The Morgan fingerprint density at radius 3 is 3.00 bits per heavy atom. The maximum Gasteiger partial charge on any atom is 0.199 e. The highest BCUT2D eigenvalue weighted by molar-refractivity contribution is 6.18. The first-order valence-electron chi connectivity index (χ1n) is 5.05. The normalized spacial score (nSPS) is 14.9. The average molecular weight is 241 g/mol. The highest BCUT2D eigenvalue weighted by Crippen LogP contribution is 2.19. The summed E-state index contributed by atoms with van der Waals surface area (Å²) < 4.78 is 1.60. The molecule has 16 heavy (non-hydrogen) atoms. The molecule has 0 aliphatic heterocycles. The zero-order chi connectivity index (χ0) is 11.6. The second kappa shape index (κ2) is 4.21. The van der Waals surface area contributed by atoms with Crippen LogP contribution in [0.15, 0.2) is 12.4 Å². The predicted octanol–water partition coefficient (Wildman–Crippen LogP) is 1.34. The monoisotopic (exact) mass is 240 g/mol. The number of hydrogen-bond donors (Lipinski definition) is 1. The molecule has 2 rings (SSSR count). The fraction of sp³-hybridized carbons (Fsp3) is 0.556. The van der Waals surface area contributed by atoms with E-state index in [1.54, 1.807) is 16.9 Å². The number of rotatable bonds is 4. The Balaban J connectivity index is 2.37. The van der Waals surface area contributed by atoms with Gasteiger partial charge in [-0.15, -0.1) is 16.7 Å². The van der Waals surface area contributed by atoms with Gasteiger partial charge in [0.05, 0.1) is 12.4 Å². The number of halogens is 1. The number of hydrogen-bond acceptors (Lipinski definition) is 5. The standard InChI is InChI=1S/C9H13ClN6/c1-3-9(2,6-10)12-7-4-11-5-8-13-14-15-16(7)8/h4-5,12H,3,6H2,1-2H3. The van der Waals surface area contributed by atoms with Crippen molar-refractivity contribution in [2.45, 2.75) is 25.8 Å². The largest absolute Gasteiger partial charge is 0.362 e. The molecule has 0 radical (unpaired) electrons. The summed E-state index contributed by atoms with van der Waals surface area (Å²) >= 11 is 5.94. The molecule has 0 aliphatic carbocycles. The minimum absolute atomic E-state index is 0.191. The second-order valence-electron chi connectivity index (χ2n) is 3.91. The summed E-state index contributed by atoms with van der Waals surface area (Å²) in [5, 5.41) is 14.6. The molecule has 0 saturated heterocycles. The van der Waals surface area contributed by atoms with Crippen molar-refractivity contribution in [3.63, 3.8) is 0 Å². The molecule has 0 aromatic carbocycles. The summed E-state index contributed by atoms with van der Waals surface area (Å²) in [6, 6.07) is 0. The van der Waals surface area contributed by atoms with Gasteiger partial charge in [0.2, 0.25) is 0 Å². The molecule has 0 amide bonds. The van der Waals surface area contributed by atoms with Gasteiger partial charge < -0.3 is 5.32 Å². The van der Waals surface area contributed by atoms with Crippen molar-refractivity contribution in [1.29, 1.82) is 0 Å². The van der Waals surface area contributed by atoms with Gasteiger partial charge in [0, 0.05) is 11.4 Å². The van der Waals surface area contributed by atoms with Gasteiger partial charge in [-0.3, -0.25) is 4.98 Å². The summed E-state index contributed by atoms with van der Waals surface area (Å²) in [5.41, 5.74) is 0.418. The predicted molar refractivity (Wildman–Crippen MR) is 61.6 cm³/mol. The van der Waals surface area contributed by atoms with Gasteiger partial charge in [0.15, 0.2) is 11.5 Å². The third-order valence-electron chi connectivity index (χ3n) is 2.61. The quantitative estimate of drug-likeness (QED) is 0.817. The van der Waals surface area contributed by atoms with E-state index in [9.17, 15) is 0 Å². The Hall–Kier alpha value is -1.43. The lowest BCUT2D eigenvalue weighted by molar-refractivity contribution is 0.547. The minimum atomic E-state index is -0.191. The summed E-state index contributed by atoms with van der Waals surface area (Å²) in [7, 11) is 0. The van der Waals surface area contributed by atoms with Crippen molar-refractivity contribution in [2.24, 2.45) is 0 Å². The maximum absolute atomic E-state index is 5.94. The van der Waals surface area contributed by atoms with Crippen LogP contribution in [0.5, 0.6) is 0 Å². The van der Waals surface area contributed by atoms with Crippen LogP contribution < -0.4 is 5.32 Å². The number of nitrogens with one attached hydrogen (secondary N) is 1. The fourth-order valence-corrected chi connectivity index (χ4v) is 1.54. The van der Waals surface area contributed by atoms with E-state index in [1.165, 1.54) is 0 Å². The SMILES string of the molecule is CCC(C)(CCl)Nc1cncc2nnnn12. The van der Waals surface area contributed by atoms with Crippen LogP contribution in [0.4, 0.5) is 5.82 Å². The van der Waals surface area contributed by atoms with Crippen molar-refractivity contribution in [1.82, 2.24) is 25.0 Å². The molecule has 0 saturated carbocycles. The van der Waals surface area contributed by atoms with Gasteiger partial charge in [0.1, 0.15) is 0 Å². The van der Waals surface area contributed by atoms with Crippen LogP contribution in [0.2, 0.25) is 0 Å².